The number of hydrogen-bond donors (Lipinski definition) is 0. The van der Waals surface area contributed by atoms with E-state index < -0.39 is 0 Å². The fraction of sp³-hybridized carbons (Fsp3) is 0.531. The third kappa shape index (κ3) is 7.30. The molecular formula is C32H45N3O2. The summed E-state index contributed by atoms with van der Waals surface area (Å²) in [6.07, 6.45) is 8.66. The summed E-state index contributed by atoms with van der Waals surface area (Å²) < 4.78 is 1.74. The Hall–Kier alpha value is -2.95. The second-order valence-electron chi connectivity index (χ2n) is 10.5. The summed E-state index contributed by atoms with van der Waals surface area (Å²) in [6, 6.07) is 15.4. The maximum atomic E-state index is 13.9. The van der Waals surface area contributed by atoms with Crippen molar-refractivity contribution in [1.82, 2.24) is 14.5 Å². The van der Waals surface area contributed by atoms with Crippen LogP contribution >= 0.6 is 0 Å². The van der Waals surface area contributed by atoms with E-state index in [0.29, 0.717) is 42.0 Å². The first-order chi connectivity index (χ1) is 17.9. The highest BCUT2D eigenvalue weighted by atomic mass is 16.2. The van der Waals surface area contributed by atoms with Gasteiger partial charge in [-0.15, -0.1) is 0 Å². The maximum absolute atomic E-state index is 13.9. The monoisotopic (exact) mass is 503 g/mol. The van der Waals surface area contributed by atoms with Crippen LogP contribution in [0.25, 0.3) is 16.6 Å². The Bertz CT molecular complexity index is 1200. The molecular weight excluding hydrogens is 458 g/mol. The van der Waals surface area contributed by atoms with Crippen molar-refractivity contribution in [1.29, 1.82) is 0 Å². The summed E-state index contributed by atoms with van der Waals surface area (Å²) in [4.78, 5) is 34.6. The molecule has 1 amide bonds. The summed E-state index contributed by atoms with van der Waals surface area (Å²) in [5.41, 5.74) is 2.61. The van der Waals surface area contributed by atoms with Crippen LogP contribution in [0.15, 0.2) is 53.3 Å². The van der Waals surface area contributed by atoms with E-state index in [1.165, 1.54) is 24.8 Å². The number of aryl methyl sites for hydroxylation is 1. The number of rotatable bonds is 14. The third-order valence-electron chi connectivity index (χ3n) is 7.23. The number of benzene rings is 2. The van der Waals surface area contributed by atoms with Crippen molar-refractivity contribution in [3.8, 4) is 5.69 Å². The molecule has 0 fully saturated rings. The van der Waals surface area contributed by atoms with Gasteiger partial charge >= 0.3 is 0 Å². The molecule has 0 aliphatic carbocycles. The van der Waals surface area contributed by atoms with Crippen molar-refractivity contribution < 1.29 is 4.79 Å². The average molecular weight is 504 g/mol. The van der Waals surface area contributed by atoms with Crippen LogP contribution in [-0.2, 0) is 11.2 Å². The zero-order valence-electron chi connectivity index (χ0n) is 23.5. The molecule has 1 unspecified atom stereocenters. The van der Waals surface area contributed by atoms with Crippen LogP contribution in [0, 0.1) is 5.92 Å². The summed E-state index contributed by atoms with van der Waals surface area (Å²) in [5.74, 6) is 1.29. The first-order valence-corrected chi connectivity index (χ1v) is 14.3. The maximum Gasteiger partial charge on any atom is 0.266 e. The predicted octanol–water partition coefficient (Wildman–Crippen LogP) is 7.63. The van der Waals surface area contributed by atoms with Gasteiger partial charge in [0, 0.05) is 13.0 Å². The van der Waals surface area contributed by atoms with Crippen LogP contribution < -0.4 is 5.56 Å². The number of para-hydroxylation sites is 1. The van der Waals surface area contributed by atoms with Crippen molar-refractivity contribution >= 4 is 16.8 Å². The minimum atomic E-state index is -0.273. The fourth-order valence-electron chi connectivity index (χ4n) is 4.92. The van der Waals surface area contributed by atoms with Crippen LogP contribution in [0.4, 0.5) is 0 Å². The Labute approximate surface area is 222 Å². The van der Waals surface area contributed by atoms with E-state index >= 15 is 0 Å². The van der Waals surface area contributed by atoms with Gasteiger partial charge in [-0.2, -0.15) is 0 Å². The van der Waals surface area contributed by atoms with Crippen LogP contribution in [0.1, 0.15) is 103 Å². The normalized spacial score (nSPS) is 12.3. The number of amides is 1. The molecule has 3 rings (SSSR count). The van der Waals surface area contributed by atoms with E-state index in [0.717, 1.165) is 31.4 Å². The lowest BCUT2D eigenvalue weighted by Crippen LogP contribution is -2.39. The molecule has 1 atom stereocenters. The number of hydrogen-bond acceptors (Lipinski definition) is 3. The van der Waals surface area contributed by atoms with Gasteiger partial charge in [0.2, 0.25) is 5.91 Å². The Kier molecular flexibility index (Phi) is 10.9. The molecule has 1 heterocycles. The molecule has 3 aromatic rings. The molecule has 0 aliphatic rings. The Morgan fingerprint density at radius 3 is 2.30 bits per heavy atom. The van der Waals surface area contributed by atoms with E-state index in [1.807, 2.05) is 41.3 Å². The van der Waals surface area contributed by atoms with Crippen molar-refractivity contribution in [3.63, 3.8) is 0 Å². The van der Waals surface area contributed by atoms with Gasteiger partial charge in [-0.25, -0.2) is 4.98 Å². The Morgan fingerprint density at radius 2 is 1.65 bits per heavy atom. The average Bonchev–Trinajstić information content (AvgIpc) is 2.90. The lowest BCUT2D eigenvalue weighted by Gasteiger charge is -2.33. The first-order valence-electron chi connectivity index (χ1n) is 14.3. The highest BCUT2D eigenvalue weighted by Gasteiger charge is 2.28. The van der Waals surface area contributed by atoms with Gasteiger partial charge in [0.1, 0.15) is 5.82 Å². The van der Waals surface area contributed by atoms with Crippen LogP contribution in [-0.4, -0.2) is 26.9 Å². The van der Waals surface area contributed by atoms with Gasteiger partial charge < -0.3 is 4.90 Å². The Morgan fingerprint density at radius 1 is 0.946 bits per heavy atom. The molecule has 5 nitrogen and oxygen atoms in total. The largest absolute Gasteiger partial charge is 0.332 e. The van der Waals surface area contributed by atoms with Gasteiger partial charge in [0.15, 0.2) is 0 Å². The smallest absolute Gasteiger partial charge is 0.266 e. The number of carbonyl (C=O) groups excluding carboxylic acids is 1. The lowest BCUT2D eigenvalue weighted by atomic mass is 10.0. The standard InChI is InChI=1S/C32H45N3O2/c1-6-9-10-11-12-17-30(36)34(23-22-24(4)5)29(8-3)31-33-28-16-14-13-15-27(28)32(37)35(31)26-20-18-25(7-2)19-21-26/h13-16,18-21,24,29H,6-12,17,22-23H2,1-5H3. The van der Waals surface area contributed by atoms with Crippen LogP contribution in [0.3, 0.4) is 0 Å². The molecule has 0 N–H and O–H groups in total. The molecule has 2 aromatic carbocycles. The van der Waals surface area contributed by atoms with E-state index in [4.69, 9.17) is 4.98 Å². The van der Waals surface area contributed by atoms with Crippen molar-refractivity contribution in [3.05, 3.63) is 70.3 Å². The highest BCUT2D eigenvalue weighted by molar-refractivity contribution is 5.79. The fourth-order valence-corrected chi connectivity index (χ4v) is 4.92. The third-order valence-corrected chi connectivity index (χ3v) is 7.23. The molecule has 0 saturated carbocycles. The topological polar surface area (TPSA) is 55.2 Å². The van der Waals surface area contributed by atoms with Gasteiger partial charge in [0.25, 0.3) is 5.56 Å². The van der Waals surface area contributed by atoms with Gasteiger partial charge in [0.05, 0.1) is 22.6 Å². The van der Waals surface area contributed by atoms with E-state index in [2.05, 4.69) is 46.8 Å². The molecule has 0 bridgehead atoms. The van der Waals surface area contributed by atoms with Gasteiger partial charge in [-0.05, 0) is 61.4 Å². The zero-order chi connectivity index (χ0) is 26.8. The van der Waals surface area contributed by atoms with E-state index in [-0.39, 0.29) is 17.5 Å². The number of unbranched alkanes of at least 4 members (excludes halogenated alkanes) is 4. The molecule has 5 heteroatoms. The number of fused-ring (bicyclic) bond motifs is 1. The summed E-state index contributed by atoms with van der Waals surface area (Å²) in [5, 5.41) is 0.594. The van der Waals surface area contributed by atoms with E-state index in [9.17, 15) is 9.59 Å². The van der Waals surface area contributed by atoms with Crippen molar-refractivity contribution in [2.24, 2.45) is 5.92 Å². The Balaban J connectivity index is 2.09. The number of aromatic nitrogens is 2. The number of nitrogens with zero attached hydrogens (tertiary/aromatic N) is 3. The lowest BCUT2D eigenvalue weighted by molar-refractivity contribution is -0.134. The molecule has 0 radical (unpaired) electrons. The van der Waals surface area contributed by atoms with Gasteiger partial charge in [-0.1, -0.05) is 84.6 Å². The summed E-state index contributed by atoms with van der Waals surface area (Å²) in [7, 11) is 0. The number of carbonyl (C=O) groups is 1. The summed E-state index contributed by atoms with van der Waals surface area (Å²) in [6.45, 7) is 11.5. The van der Waals surface area contributed by atoms with Crippen LogP contribution in [0.5, 0.6) is 0 Å². The molecule has 0 saturated heterocycles. The predicted molar refractivity (Wildman–Crippen MR) is 154 cm³/mol. The van der Waals surface area contributed by atoms with Crippen molar-refractivity contribution in [2.45, 2.75) is 98.4 Å². The quantitative estimate of drug-likeness (QED) is 0.212. The second-order valence-corrected chi connectivity index (χ2v) is 10.5. The molecule has 1 aromatic heterocycles. The first kappa shape index (κ1) is 28.6. The van der Waals surface area contributed by atoms with Crippen molar-refractivity contribution in [2.75, 3.05) is 6.54 Å². The molecule has 200 valence electrons. The van der Waals surface area contributed by atoms with Gasteiger partial charge in [-0.3, -0.25) is 14.2 Å². The molecule has 0 aliphatic heterocycles. The molecule has 0 spiro atoms. The zero-order valence-corrected chi connectivity index (χ0v) is 23.5. The minimum Gasteiger partial charge on any atom is -0.332 e. The second kappa shape index (κ2) is 14.1. The minimum absolute atomic E-state index is 0.0841. The molecule has 37 heavy (non-hydrogen) atoms. The van der Waals surface area contributed by atoms with Crippen LogP contribution in [0.2, 0.25) is 0 Å². The summed E-state index contributed by atoms with van der Waals surface area (Å²) >= 11 is 0. The highest BCUT2D eigenvalue weighted by Crippen LogP contribution is 2.28. The van der Waals surface area contributed by atoms with E-state index in [1.54, 1.807) is 4.57 Å². The SMILES string of the molecule is CCCCCCCC(=O)N(CCC(C)C)C(CC)c1nc2ccccc2c(=O)n1-c1ccc(CC)cc1.